The van der Waals surface area contributed by atoms with Gasteiger partial charge in [-0.3, -0.25) is 25.1 Å². The molecule has 1 saturated heterocycles. The zero-order valence-electron chi connectivity index (χ0n) is 28.8. The highest BCUT2D eigenvalue weighted by molar-refractivity contribution is 6.06. The molecule has 2 amide bonds. The predicted octanol–water partition coefficient (Wildman–Crippen LogP) is 5.13. The van der Waals surface area contributed by atoms with E-state index in [4.69, 9.17) is 29.1 Å². The number of carbonyl (C=O) groups is 5. The molecule has 0 bridgehead atoms. The quantitative estimate of drug-likeness (QED) is 0.103. The van der Waals surface area contributed by atoms with Crippen molar-refractivity contribution in [2.75, 3.05) is 13.1 Å². The average Bonchev–Trinajstić information content (AvgIpc) is 3.51. The van der Waals surface area contributed by atoms with Gasteiger partial charge >= 0.3 is 30.1 Å². The molecule has 270 valence electrons. The monoisotopic (exact) mass is 704 g/mol. The zero-order valence-corrected chi connectivity index (χ0v) is 28.8. The number of alkyl carbamates (subject to hydrolysis) is 1. The number of fused-ring (bicyclic) bond motifs is 1. The van der Waals surface area contributed by atoms with Crippen LogP contribution in [0.2, 0.25) is 0 Å². The Bertz CT molecular complexity index is 1830. The second-order valence-corrected chi connectivity index (χ2v) is 11.8. The molecule has 1 aliphatic heterocycles. The second kappa shape index (κ2) is 17.1. The van der Waals surface area contributed by atoms with Gasteiger partial charge in [0.25, 0.3) is 0 Å². The number of likely N-dealkylation sites (tertiary alicyclic amines) is 1. The van der Waals surface area contributed by atoms with Crippen LogP contribution < -0.4 is 10.1 Å². The van der Waals surface area contributed by atoms with E-state index in [0.29, 0.717) is 42.2 Å². The highest BCUT2D eigenvalue weighted by Gasteiger charge is 2.26. The first-order chi connectivity index (χ1) is 24.2. The summed E-state index contributed by atoms with van der Waals surface area (Å²) in [6.45, 7) is 7.93. The highest BCUT2D eigenvalue weighted by Crippen LogP contribution is 2.27. The number of nitrogens with one attached hydrogen (secondary N) is 2. The Kier molecular flexibility index (Phi) is 12.7. The molecule has 3 N–H and O–H groups in total. The van der Waals surface area contributed by atoms with Crippen molar-refractivity contribution in [1.82, 2.24) is 10.2 Å². The van der Waals surface area contributed by atoms with Crippen LogP contribution in [0.5, 0.6) is 5.75 Å². The molecule has 0 aromatic heterocycles. The average molecular weight is 705 g/mol. The van der Waals surface area contributed by atoms with E-state index in [2.05, 4.69) is 10.3 Å². The molecule has 3 aromatic rings. The molecule has 0 spiro atoms. The Balaban J connectivity index is 1.36. The molecule has 4 rings (SSSR count). The number of rotatable bonds is 11. The topological polar surface area (TPSA) is 203 Å². The SMILES string of the molecule is CC(=O)OC(C)OC(=O)N=C(C)N1CC[C@H](Oc2ccc([C@H](Cc3ccc4ccc(C(=N)NC(=O)OC(C)OC(C)=O)cc4c3)C(=O)O)cc2)C1. The number of esters is 2. The minimum atomic E-state index is -1.12. The van der Waals surface area contributed by atoms with Crippen molar-refractivity contribution in [2.45, 2.75) is 72.1 Å². The lowest BCUT2D eigenvalue weighted by Gasteiger charge is -2.19. The second-order valence-electron chi connectivity index (χ2n) is 11.8. The standard InChI is InChI=1S/C36H40N4O11/c1-20(38-35(45)49-23(4)47-21(2)41)40-15-14-31(19-40)51-30-12-10-27(11-13-30)32(34(43)44)17-25-6-7-26-8-9-28(18-29(26)16-25)33(37)39-36(46)50-24(5)48-22(3)42/h6-13,16,18,23-24,31-32H,14-15,17,19H2,1-5H3,(H,43,44)(H2,37,39,46)/t23?,24?,31-,32-/m0/s1. The molecule has 1 aliphatic rings. The van der Waals surface area contributed by atoms with Crippen LogP contribution >= 0.6 is 0 Å². The number of aliphatic imine (C=N–C) groups is 1. The maximum absolute atomic E-state index is 12.4. The summed E-state index contributed by atoms with van der Waals surface area (Å²) in [5.74, 6) is -2.25. The van der Waals surface area contributed by atoms with Crippen LogP contribution in [0.25, 0.3) is 10.8 Å². The van der Waals surface area contributed by atoms with Crippen LogP contribution in [-0.2, 0) is 39.8 Å². The van der Waals surface area contributed by atoms with E-state index in [-0.39, 0.29) is 18.4 Å². The predicted molar refractivity (Wildman–Crippen MR) is 184 cm³/mol. The summed E-state index contributed by atoms with van der Waals surface area (Å²) in [6.07, 6.45) is -3.33. The van der Waals surface area contributed by atoms with E-state index in [1.165, 1.54) is 27.7 Å². The smallest absolute Gasteiger partial charge is 0.438 e. The number of amidine groups is 2. The third kappa shape index (κ3) is 11.3. The Labute approximate surface area is 294 Å². The zero-order chi connectivity index (χ0) is 37.2. The first kappa shape index (κ1) is 37.8. The molecule has 4 atom stereocenters. The lowest BCUT2D eigenvalue weighted by Crippen LogP contribution is -2.34. The molecule has 1 heterocycles. The number of ether oxygens (including phenoxy) is 5. The summed E-state index contributed by atoms with van der Waals surface area (Å²) < 4.78 is 25.6. The van der Waals surface area contributed by atoms with Crippen molar-refractivity contribution >= 4 is 52.5 Å². The van der Waals surface area contributed by atoms with Gasteiger partial charge in [-0.2, -0.15) is 4.99 Å². The summed E-state index contributed by atoms with van der Waals surface area (Å²) in [6, 6.07) is 17.6. The molecule has 1 fully saturated rings. The fourth-order valence-corrected chi connectivity index (χ4v) is 5.49. The maximum atomic E-state index is 12.4. The lowest BCUT2D eigenvalue weighted by atomic mass is 9.91. The van der Waals surface area contributed by atoms with E-state index in [9.17, 15) is 29.1 Å². The van der Waals surface area contributed by atoms with Gasteiger partial charge in [0.05, 0.1) is 12.5 Å². The van der Waals surface area contributed by atoms with Crippen molar-refractivity contribution < 1.29 is 52.8 Å². The lowest BCUT2D eigenvalue weighted by molar-refractivity contribution is -0.163. The molecular weight excluding hydrogens is 664 g/mol. The fraction of sp³-hybridized carbons (Fsp3) is 0.361. The van der Waals surface area contributed by atoms with Crippen LogP contribution in [-0.4, -0.2) is 83.5 Å². The van der Waals surface area contributed by atoms with Gasteiger partial charge in [0, 0.05) is 46.2 Å². The normalized spacial score (nSPS) is 16.0. The van der Waals surface area contributed by atoms with Gasteiger partial charge in [0.15, 0.2) is 0 Å². The number of carbonyl (C=O) groups excluding carboxylic acids is 4. The number of hydrogen-bond donors (Lipinski definition) is 3. The van der Waals surface area contributed by atoms with Gasteiger partial charge in [0.1, 0.15) is 23.5 Å². The summed E-state index contributed by atoms with van der Waals surface area (Å²) in [5, 5.41) is 22.3. The number of aliphatic carboxylic acids is 1. The van der Waals surface area contributed by atoms with Gasteiger partial charge in [-0.05, 0) is 53.4 Å². The third-order valence-electron chi connectivity index (χ3n) is 7.80. The van der Waals surface area contributed by atoms with E-state index in [1.54, 1.807) is 49.4 Å². The minimum absolute atomic E-state index is 0.193. The first-order valence-corrected chi connectivity index (χ1v) is 16.1. The van der Waals surface area contributed by atoms with Crippen LogP contribution in [0.15, 0.2) is 65.7 Å². The van der Waals surface area contributed by atoms with Crippen molar-refractivity contribution in [3.05, 3.63) is 77.4 Å². The van der Waals surface area contributed by atoms with Gasteiger partial charge in [-0.25, -0.2) is 9.59 Å². The van der Waals surface area contributed by atoms with E-state index in [0.717, 1.165) is 16.3 Å². The fourth-order valence-electron chi connectivity index (χ4n) is 5.49. The van der Waals surface area contributed by atoms with E-state index < -0.39 is 48.6 Å². The number of carboxylic acid groups (broad SMARTS) is 1. The highest BCUT2D eigenvalue weighted by atomic mass is 16.7. The summed E-state index contributed by atoms with van der Waals surface area (Å²) in [7, 11) is 0. The Morgan fingerprint density at radius 3 is 2.18 bits per heavy atom. The molecule has 15 heteroatoms. The summed E-state index contributed by atoms with van der Waals surface area (Å²) in [4.78, 5) is 64.4. The van der Waals surface area contributed by atoms with Crippen molar-refractivity contribution in [1.29, 1.82) is 5.41 Å². The first-order valence-electron chi connectivity index (χ1n) is 16.1. The van der Waals surface area contributed by atoms with Crippen LogP contribution in [0.4, 0.5) is 9.59 Å². The Morgan fingerprint density at radius 2 is 1.53 bits per heavy atom. The minimum Gasteiger partial charge on any atom is -0.489 e. The molecule has 2 unspecified atom stereocenters. The Hall–Kier alpha value is -5.99. The molecule has 0 radical (unpaired) electrons. The number of benzene rings is 3. The largest absolute Gasteiger partial charge is 0.489 e. The Morgan fingerprint density at radius 1 is 0.882 bits per heavy atom. The molecule has 3 aromatic carbocycles. The summed E-state index contributed by atoms with van der Waals surface area (Å²) in [5.41, 5.74) is 1.74. The molecule has 51 heavy (non-hydrogen) atoms. The number of carboxylic acids is 1. The number of amides is 2. The van der Waals surface area contributed by atoms with Gasteiger partial charge in [0.2, 0.25) is 12.6 Å². The van der Waals surface area contributed by atoms with Crippen LogP contribution in [0.3, 0.4) is 0 Å². The van der Waals surface area contributed by atoms with Crippen LogP contribution in [0.1, 0.15) is 63.6 Å². The van der Waals surface area contributed by atoms with Crippen molar-refractivity contribution in [3.8, 4) is 5.75 Å². The number of nitrogens with zero attached hydrogens (tertiary/aromatic N) is 2. The van der Waals surface area contributed by atoms with Crippen molar-refractivity contribution in [3.63, 3.8) is 0 Å². The molecular formula is C36H40N4O11. The molecule has 0 saturated carbocycles. The van der Waals surface area contributed by atoms with E-state index in [1.807, 2.05) is 23.1 Å². The van der Waals surface area contributed by atoms with Gasteiger partial charge in [-0.1, -0.05) is 42.5 Å². The van der Waals surface area contributed by atoms with Gasteiger partial charge in [-0.15, -0.1) is 0 Å². The van der Waals surface area contributed by atoms with Gasteiger partial charge < -0.3 is 33.7 Å². The molecule has 0 aliphatic carbocycles. The third-order valence-corrected chi connectivity index (χ3v) is 7.80. The molecule has 15 nitrogen and oxygen atoms in total. The van der Waals surface area contributed by atoms with Crippen molar-refractivity contribution in [2.24, 2.45) is 4.99 Å². The maximum Gasteiger partial charge on any atom is 0.438 e. The van der Waals surface area contributed by atoms with E-state index >= 15 is 0 Å². The number of hydrogen-bond acceptors (Lipinski definition) is 11. The van der Waals surface area contributed by atoms with Crippen LogP contribution in [0, 0.1) is 5.41 Å². The summed E-state index contributed by atoms with van der Waals surface area (Å²) >= 11 is 0.